The van der Waals surface area contributed by atoms with Gasteiger partial charge >= 0.3 is 0 Å². The Labute approximate surface area is 142 Å². The summed E-state index contributed by atoms with van der Waals surface area (Å²) in [5.74, 6) is 0.00546. The lowest BCUT2D eigenvalue weighted by Gasteiger charge is -2.19. The highest BCUT2D eigenvalue weighted by Gasteiger charge is 2.14. The minimum Gasteiger partial charge on any atom is -0.349 e. The largest absolute Gasteiger partial charge is 0.349 e. The number of hydrogen-bond donors (Lipinski definition) is 1. The Morgan fingerprint density at radius 2 is 1.50 bits per heavy atom. The van der Waals surface area contributed by atoms with E-state index in [1.54, 1.807) is 12.4 Å². The average molecular weight is 367 g/mol. The predicted molar refractivity (Wildman–Crippen MR) is 94.0 cm³/mol. The molecular weight excluding hydrogens is 340 g/mol. The van der Waals surface area contributed by atoms with E-state index >= 15 is 0 Å². The molecule has 1 saturated carbocycles. The van der Waals surface area contributed by atoms with Gasteiger partial charge in [-0.25, -0.2) is 0 Å². The first kappa shape index (κ1) is 17.5. The van der Waals surface area contributed by atoms with E-state index in [9.17, 15) is 4.79 Å². The topological polar surface area (TPSA) is 42.0 Å². The molecule has 3 nitrogen and oxygen atoms in total. The zero-order valence-electron chi connectivity index (χ0n) is 13.3. The number of carbonyl (C=O) groups excluding carboxylic acids is 1. The molecule has 1 N–H and O–H groups in total. The number of hydrogen-bond acceptors (Lipinski definition) is 2. The summed E-state index contributed by atoms with van der Waals surface area (Å²) in [6.07, 6.45) is 17.4. The molecule has 1 aromatic heterocycles. The lowest BCUT2D eigenvalue weighted by Crippen LogP contribution is -2.35. The Bertz CT molecular complexity index is 452. The molecule has 0 saturated heterocycles. The first-order valence-electron chi connectivity index (χ1n) is 8.67. The van der Waals surface area contributed by atoms with E-state index in [0.29, 0.717) is 11.6 Å². The quantitative estimate of drug-likeness (QED) is 0.776. The zero-order valence-corrected chi connectivity index (χ0v) is 14.9. The average Bonchev–Trinajstić information content (AvgIpc) is 2.50. The normalized spacial score (nSPS) is 19.0. The molecule has 0 spiro atoms. The highest BCUT2D eigenvalue weighted by molar-refractivity contribution is 9.10. The number of amides is 1. The molecule has 2 rings (SSSR count). The van der Waals surface area contributed by atoms with Crippen molar-refractivity contribution in [2.75, 3.05) is 0 Å². The summed E-state index contributed by atoms with van der Waals surface area (Å²) >= 11 is 3.37. The van der Waals surface area contributed by atoms with Crippen molar-refractivity contribution < 1.29 is 4.79 Å². The summed E-state index contributed by atoms with van der Waals surface area (Å²) in [5.41, 5.74) is 0.639. The number of nitrogens with one attached hydrogen (secondary N) is 1. The molecule has 1 aliphatic carbocycles. The number of halogens is 1. The van der Waals surface area contributed by atoms with Crippen molar-refractivity contribution in [3.8, 4) is 0 Å². The van der Waals surface area contributed by atoms with Gasteiger partial charge in [0, 0.05) is 22.9 Å². The van der Waals surface area contributed by atoms with E-state index < -0.39 is 0 Å². The van der Waals surface area contributed by atoms with Gasteiger partial charge in [-0.3, -0.25) is 9.78 Å². The Morgan fingerprint density at radius 1 is 0.955 bits per heavy atom. The zero-order chi connectivity index (χ0) is 15.6. The van der Waals surface area contributed by atoms with E-state index in [1.807, 2.05) is 6.07 Å². The van der Waals surface area contributed by atoms with Crippen LogP contribution < -0.4 is 5.32 Å². The third-order valence-corrected chi connectivity index (χ3v) is 4.84. The molecule has 0 aliphatic heterocycles. The molecule has 1 aliphatic rings. The van der Waals surface area contributed by atoms with Crippen LogP contribution in [-0.4, -0.2) is 16.9 Å². The lowest BCUT2D eigenvalue weighted by atomic mass is 9.98. The summed E-state index contributed by atoms with van der Waals surface area (Å²) in [5, 5.41) is 3.21. The fraction of sp³-hybridized carbons (Fsp3) is 0.667. The number of carbonyl (C=O) groups is 1. The molecule has 0 bridgehead atoms. The Balaban J connectivity index is 1.87. The Morgan fingerprint density at radius 3 is 2.05 bits per heavy atom. The van der Waals surface area contributed by atoms with E-state index in [4.69, 9.17) is 0 Å². The number of nitrogens with zero attached hydrogens (tertiary/aromatic N) is 1. The molecule has 122 valence electrons. The van der Waals surface area contributed by atoms with Crippen molar-refractivity contribution in [2.45, 2.75) is 76.7 Å². The van der Waals surface area contributed by atoms with Gasteiger partial charge in [0.2, 0.25) is 0 Å². The maximum absolute atomic E-state index is 12.4. The van der Waals surface area contributed by atoms with Crippen LogP contribution in [0.3, 0.4) is 0 Å². The summed E-state index contributed by atoms with van der Waals surface area (Å²) in [6.45, 7) is 0. The van der Waals surface area contributed by atoms with Crippen molar-refractivity contribution in [2.24, 2.45) is 0 Å². The van der Waals surface area contributed by atoms with Crippen molar-refractivity contribution in [3.63, 3.8) is 0 Å². The predicted octanol–water partition coefficient (Wildman–Crippen LogP) is 5.25. The van der Waals surface area contributed by atoms with Gasteiger partial charge in [0.05, 0.1) is 5.56 Å². The highest BCUT2D eigenvalue weighted by Crippen LogP contribution is 2.17. The van der Waals surface area contributed by atoms with Crippen LogP contribution in [0.4, 0.5) is 0 Å². The SMILES string of the molecule is O=C(NC1CCCCCCCCCCC1)c1cncc(Br)c1. The summed E-state index contributed by atoms with van der Waals surface area (Å²) in [6, 6.07) is 2.14. The van der Waals surface area contributed by atoms with Gasteiger partial charge in [-0.2, -0.15) is 0 Å². The van der Waals surface area contributed by atoms with Gasteiger partial charge in [-0.05, 0) is 34.8 Å². The fourth-order valence-corrected chi connectivity index (χ4v) is 3.48. The van der Waals surface area contributed by atoms with Crippen LogP contribution in [0.5, 0.6) is 0 Å². The minimum absolute atomic E-state index is 0.00546. The minimum atomic E-state index is 0.00546. The Hall–Kier alpha value is -0.900. The van der Waals surface area contributed by atoms with E-state index in [1.165, 1.54) is 57.8 Å². The second kappa shape index (κ2) is 9.98. The molecule has 0 unspecified atom stereocenters. The first-order chi connectivity index (χ1) is 10.8. The molecule has 1 amide bonds. The van der Waals surface area contributed by atoms with E-state index in [-0.39, 0.29) is 5.91 Å². The summed E-state index contributed by atoms with van der Waals surface area (Å²) in [4.78, 5) is 16.4. The molecule has 0 atom stereocenters. The molecule has 1 heterocycles. The second-order valence-electron chi connectivity index (χ2n) is 6.32. The van der Waals surface area contributed by atoms with Gasteiger partial charge < -0.3 is 5.32 Å². The van der Waals surface area contributed by atoms with Gasteiger partial charge in [0.25, 0.3) is 5.91 Å². The van der Waals surface area contributed by atoms with Crippen LogP contribution >= 0.6 is 15.9 Å². The first-order valence-corrected chi connectivity index (χ1v) is 9.46. The molecule has 4 heteroatoms. The van der Waals surface area contributed by atoms with Gasteiger partial charge in [0.1, 0.15) is 0 Å². The molecule has 0 aromatic carbocycles. The molecular formula is C18H27BrN2O. The van der Waals surface area contributed by atoms with Gasteiger partial charge in [0.15, 0.2) is 0 Å². The van der Waals surface area contributed by atoms with Crippen molar-refractivity contribution in [3.05, 3.63) is 28.5 Å². The second-order valence-corrected chi connectivity index (χ2v) is 7.24. The maximum atomic E-state index is 12.4. The monoisotopic (exact) mass is 366 g/mol. The number of rotatable bonds is 2. The van der Waals surface area contributed by atoms with Crippen LogP contribution in [0.2, 0.25) is 0 Å². The van der Waals surface area contributed by atoms with Crippen LogP contribution in [0.1, 0.15) is 81.0 Å². The maximum Gasteiger partial charge on any atom is 0.253 e. The number of pyridine rings is 1. The number of aromatic nitrogens is 1. The fourth-order valence-electron chi connectivity index (χ4n) is 3.11. The third-order valence-electron chi connectivity index (χ3n) is 4.41. The van der Waals surface area contributed by atoms with Crippen molar-refractivity contribution >= 4 is 21.8 Å². The van der Waals surface area contributed by atoms with Crippen LogP contribution in [0, 0.1) is 0 Å². The lowest BCUT2D eigenvalue weighted by molar-refractivity contribution is 0.0931. The van der Waals surface area contributed by atoms with Crippen LogP contribution in [0.25, 0.3) is 0 Å². The molecule has 0 radical (unpaired) electrons. The van der Waals surface area contributed by atoms with Crippen LogP contribution in [-0.2, 0) is 0 Å². The Kier molecular flexibility index (Phi) is 7.92. The summed E-state index contributed by atoms with van der Waals surface area (Å²) < 4.78 is 0.846. The van der Waals surface area contributed by atoms with Crippen LogP contribution in [0.15, 0.2) is 22.9 Å². The smallest absolute Gasteiger partial charge is 0.253 e. The van der Waals surface area contributed by atoms with Crippen molar-refractivity contribution in [1.29, 1.82) is 0 Å². The van der Waals surface area contributed by atoms with E-state index in [0.717, 1.165) is 17.3 Å². The van der Waals surface area contributed by atoms with Crippen molar-refractivity contribution in [1.82, 2.24) is 10.3 Å². The molecule has 1 aromatic rings. The third kappa shape index (κ3) is 6.47. The summed E-state index contributed by atoms with van der Waals surface area (Å²) in [7, 11) is 0. The highest BCUT2D eigenvalue weighted by atomic mass is 79.9. The van der Waals surface area contributed by atoms with Gasteiger partial charge in [-0.15, -0.1) is 0 Å². The van der Waals surface area contributed by atoms with Gasteiger partial charge in [-0.1, -0.05) is 57.8 Å². The van der Waals surface area contributed by atoms with E-state index in [2.05, 4.69) is 26.2 Å². The molecule has 22 heavy (non-hydrogen) atoms. The standard InChI is InChI=1S/C18H27BrN2O/c19-16-12-15(13-20-14-16)18(22)21-17-10-8-6-4-2-1-3-5-7-9-11-17/h12-14,17H,1-11H2,(H,21,22). The molecule has 1 fully saturated rings.